The van der Waals surface area contributed by atoms with Crippen LogP contribution in [0, 0.1) is 22.6 Å². The third kappa shape index (κ3) is 4.02. The van der Waals surface area contributed by atoms with Crippen molar-refractivity contribution in [3.8, 4) is 11.8 Å². The Morgan fingerprint density at radius 2 is 1.97 bits per heavy atom. The molecule has 1 saturated heterocycles. The van der Waals surface area contributed by atoms with Crippen LogP contribution in [0.4, 0.5) is 21.5 Å². The standard InChI is InChI=1S/C24H25ClFN5O2/c1-14-29-20-17(25)10-18-22(21(20)30-14)33-19(12-28-18)23(32)31-8-6-24(13-27,7-9-31)11-15-2-4-16(26)5-3-15/h2-5,10,14,19,28-30H,6-9,11-12H2,1H3. The van der Waals surface area contributed by atoms with E-state index in [-0.39, 0.29) is 17.9 Å². The number of benzene rings is 2. The van der Waals surface area contributed by atoms with Crippen molar-refractivity contribution < 1.29 is 13.9 Å². The maximum absolute atomic E-state index is 13.3. The number of hydrogen-bond acceptors (Lipinski definition) is 6. The van der Waals surface area contributed by atoms with Gasteiger partial charge in [0, 0.05) is 13.1 Å². The molecule has 172 valence electrons. The van der Waals surface area contributed by atoms with Crippen molar-refractivity contribution in [2.45, 2.75) is 38.5 Å². The fourth-order valence-electron chi connectivity index (χ4n) is 4.84. The molecule has 5 rings (SSSR count). The highest BCUT2D eigenvalue weighted by Crippen LogP contribution is 2.49. The molecule has 0 bridgehead atoms. The SMILES string of the molecule is CC1Nc2c(Cl)cc3c(c2N1)OC(C(=O)N1CCC(C#N)(Cc2ccc(F)cc2)CC1)CN3. The number of nitrogens with zero attached hydrogens (tertiary/aromatic N) is 2. The predicted octanol–water partition coefficient (Wildman–Crippen LogP) is 4.21. The summed E-state index contributed by atoms with van der Waals surface area (Å²) < 4.78 is 19.4. The second kappa shape index (κ2) is 8.31. The summed E-state index contributed by atoms with van der Waals surface area (Å²) in [6.07, 6.45) is 1.03. The van der Waals surface area contributed by atoms with E-state index in [1.807, 2.05) is 6.92 Å². The Morgan fingerprint density at radius 1 is 1.27 bits per heavy atom. The summed E-state index contributed by atoms with van der Waals surface area (Å²) in [6, 6.07) is 10.5. The van der Waals surface area contributed by atoms with Crippen molar-refractivity contribution in [1.29, 1.82) is 5.26 Å². The first kappa shape index (κ1) is 21.7. The van der Waals surface area contributed by atoms with Crippen molar-refractivity contribution in [3.63, 3.8) is 0 Å². The van der Waals surface area contributed by atoms with E-state index < -0.39 is 11.5 Å². The average molecular weight is 470 g/mol. The predicted molar refractivity (Wildman–Crippen MR) is 125 cm³/mol. The summed E-state index contributed by atoms with van der Waals surface area (Å²) in [5.74, 6) is 0.209. The highest BCUT2D eigenvalue weighted by Gasteiger charge is 2.40. The number of amides is 1. The second-order valence-electron chi connectivity index (χ2n) is 9.00. The van der Waals surface area contributed by atoms with Crippen LogP contribution in [0.2, 0.25) is 5.02 Å². The number of carbonyl (C=O) groups excluding carboxylic acids is 1. The molecule has 33 heavy (non-hydrogen) atoms. The number of nitrogens with one attached hydrogen (secondary N) is 3. The summed E-state index contributed by atoms with van der Waals surface area (Å²) >= 11 is 6.38. The molecule has 9 heteroatoms. The van der Waals surface area contributed by atoms with E-state index in [2.05, 4.69) is 22.0 Å². The number of anilines is 3. The number of carbonyl (C=O) groups is 1. The molecule has 2 atom stereocenters. The molecule has 3 heterocycles. The Balaban J connectivity index is 1.26. The number of hydrogen-bond donors (Lipinski definition) is 3. The minimum Gasteiger partial charge on any atom is -0.474 e. The minimum absolute atomic E-state index is 0.00554. The van der Waals surface area contributed by atoms with Gasteiger partial charge in [-0.1, -0.05) is 23.7 Å². The van der Waals surface area contributed by atoms with Gasteiger partial charge in [-0.3, -0.25) is 4.79 Å². The van der Waals surface area contributed by atoms with Crippen LogP contribution in [0.3, 0.4) is 0 Å². The number of halogens is 2. The molecule has 2 aromatic carbocycles. The number of rotatable bonds is 3. The van der Waals surface area contributed by atoms with E-state index in [9.17, 15) is 14.4 Å². The first-order valence-corrected chi connectivity index (χ1v) is 11.5. The molecule has 0 radical (unpaired) electrons. The van der Waals surface area contributed by atoms with Crippen LogP contribution in [0.1, 0.15) is 25.3 Å². The van der Waals surface area contributed by atoms with Crippen molar-refractivity contribution in [3.05, 3.63) is 46.7 Å². The molecule has 0 saturated carbocycles. The van der Waals surface area contributed by atoms with Crippen molar-refractivity contribution in [2.75, 3.05) is 35.6 Å². The van der Waals surface area contributed by atoms with Gasteiger partial charge in [-0.05, 0) is 49.9 Å². The monoisotopic (exact) mass is 469 g/mol. The van der Waals surface area contributed by atoms with Gasteiger partial charge in [-0.25, -0.2) is 4.39 Å². The topological polar surface area (TPSA) is 89.4 Å². The largest absolute Gasteiger partial charge is 0.474 e. The third-order valence-corrected chi connectivity index (χ3v) is 6.99. The van der Waals surface area contributed by atoms with Gasteiger partial charge in [0.05, 0.1) is 40.6 Å². The molecule has 0 spiro atoms. The molecule has 0 aliphatic carbocycles. The van der Waals surface area contributed by atoms with Gasteiger partial charge in [-0.15, -0.1) is 0 Å². The zero-order chi connectivity index (χ0) is 23.2. The zero-order valence-corrected chi connectivity index (χ0v) is 19.0. The number of piperidine rings is 1. The van der Waals surface area contributed by atoms with Gasteiger partial charge in [0.1, 0.15) is 11.5 Å². The molecular formula is C24H25ClFN5O2. The van der Waals surface area contributed by atoms with Gasteiger partial charge < -0.3 is 25.6 Å². The Kier molecular flexibility index (Phi) is 5.45. The van der Waals surface area contributed by atoms with Crippen LogP contribution in [-0.2, 0) is 11.2 Å². The van der Waals surface area contributed by atoms with Crippen LogP contribution in [-0.4, -0.2) is 42.7 Å². The van der Waals surface area contributed by atoms with Crippen LogP contribution in [0.15, 0.2) is 30.3 Å². The minimum atomic E-state index is -0.660. The Labute approximate surface area is 196 Å². The van der Waals surface area contributed by atoms with Crippen LogP contribution < -0.4 is 20.7 Å². The fourth-order valence-corrected chi connectivity index (χ4v) is 5.10. The van der Waals surface area contributed by atoms with Crippen molar-refractivity contribution in [2.24, 2.45) is 5.41 Å². The first-order valence-electron chi connectivity index (χ1n) is 11.1. The average Bonchev–Trinajstić information content (AvgIpc) is 3.23. The number of fused-ring (bicyclic) bond motifs is 3. The Hall–Kier alpha value is -3.18. The maximum atomic E-state index is 13.3. The van der Waals surface area contributed by atoms with Gasteiger partial charge in [0.25, 0.3) is 5.91 Å². The van der Waals surface area contributed by atoms with E-state index in [1.165, 1.54) is 12.1 Å². The summed E-state index contributed by atoms with van der Waals surface area (Å²) in [5.41, 5.74) is 2.66. The summed E-state index contributed by atoms with van der Waals surface area (Å²) in [4.78, 5) is 15.0. The fraction of sp³-hybridized carbons (Fsp3) is 0.417. The van der Waals surface area contributed by atoms with Crippen molar-refractivity contribution >= 4 is 34.6 Å². The highest BCUT2D eigenvalue weighted by molar-refractivity contribution is 6.35. The molecule has 1 amide bonds. The summed E-state index contributed by atoms with van der Waals surface area (Å²) in [7, 11) is 0. The van der Waals surface area contributed by atoms with Crippen LogP contribution in [0.25, 0.3) is 0 Å². The summed E-state index contributed by atoms with van der Waals surface area (Å²) in [5, 5.41) is 20.3. The Bertz CT molecular complexity index is 1130. The Morgan fingerprint density at radius 3 is 2.67 bits per heavy atom. The molecule has 2 aromatic rings. The smallest absolute Gasteiger partial charge is 0.265 e. The molecule has 3 aliphatic rings. The lowest BCUT2D eigenvalue weighted by Crippen LogP contribution is -2.51. The number of ether oxygens (including phenoxy) is 1. The van der Waals surface area contributed by atoms with E-state index in [0.29, 0.717) is 49.7 Å². The molecule has 1 fully saturated rings. The van der Waals surface area contributed by atoms with E-state index in [1.54, 1.807) is 23.1 Å². The quantitative estimate of drug-likeness (QED) is 0.624. The van der Waals surface area contributed by atoms with Crippen LogP contribution >= 0.6 is 11.6 Å². The molecule has 0 aromatic heterocycles. The molecule has 2 unspecified atom stereocenters. The van der Waals surface area contributed by atoms with Crippen LogP contribution in [0.5, 0.6) is 5.75 Å². The highest BCUT2D eigenvalue weighted by atomic mass is 35.5. The number of nitriles is 1. The normalized spacial score (nSPS) is 22.5. The van der Waals surface area contributed by atoms with Gasteiger partial charge in [0.2, 0.25) is 0 Å². The lowest BCUT2D eigenvalue weighted by Gasteiger charge is -2.39. The third-order valence-electron chi connectivity index (χ3n) is 6.69. The number of likely N-dealkylation sites (tertiary alicyclic amines) is 1. The lowest BCUT2D eigenvalue weighted by molar-refractivity contribution is -0.140. The van der Waals surface area contributed by atoms with E-state index in [0.717, 1.165) is 22.6 Å². The molecule has 3 aliphatic heterocycles. The first-order chi connectivity index (χ1) is 15.9. The van der Waals surface area contributed by atoms with Gasteiger partial charge in [0.15, 0.2) is 11.9 Å². The lowest BCUT2D eigenvalue weighted by atomic mass is 9.75. The van der Waals surface area contributed by atoms with Gasteiger partial charge >= 0.3 is 0 Å². The molecular weight excluding hydrogens is 445 g/mol. The van der Waals surface area contributed by atoms with Gasteiger partial charge in [-0.2, -0.15) is 5.26 Å². The second-order valence-corrected chi connectivity index (χ2v) is 9.41. The van der Waals surface area contributed by atoms with E-state index in [4.69, 9.17) is 16.3 Å². The van der Waals surface area contributed by atoms with E-state index >= 15 is 0 Å². The maximum Gasteiger partial charge on any atom is 0.265 e. The molecule has 7 nitrogen and oxygen atoms in total. The summed E-state index contributed by atoms with van der Waals surface area (Å²) in [6.45, 7) is 3.29. The van der Waals surface area contributed by atoms with Crippen molar-refractivity contribution in [1.82, 2.24) is 4.90 Å². The molecule has 3 N–H and O–H groups in total. The zero-order valence-electron chi connectivity index (χ0n) is 18.3.